The molecule has 0 heterocycles. The summed E-state index contributed by atoms with van der Waals surface area (Å²) in [6.45, 7) is 6.48. The van der Waals surface area contributed by atoms with Crippen molar-refractivity contribution in [3.63, 3.8) is 0 Å². The first-order valence-electron chi connectivity index (χ1n) is 9.32. The molecule has 3 N–H and O–H groups in total. The number of unbranched alkanes of at least 4 members (excludes halogenated alkanes) is 9. The highest BCUT2D eigenvalue weighted by molar-refractivity contribution is 4.52. The molecule has 0 amide bonds. The maximum Gasteiger partial charge on any atom is 0.101 e. The molecular weight excluding hydrogens is 298 g/mol. The van der Waals surface area contributed by atoms with Gasteiger partial charge < -0.3 is 27.5 Å². The molecular formula is C18H40ClNO2. The number of quaternary nitrogens is 1. The SMILES string of the molecule is CCCCCCCCCCCCC(C)[NH+](CCO)CCO.[Cl-]. The summed E-state index contributed by atoms with van der Waals surface area (Å²) in [4.78, 5) is 1.34. The van der Waals surface area contributed by atoms with E-state index in [0.29, 0.717) is 6.04 Å². The molecule has 136 valence electrons. The van der Waals surface area contributed by atoms with Gasteiger partial charge in [-0.05, 0) is 19.8 Å². The lowest BCUT2D eigenvalue weighted by Gasteiger charge is -2.24. The van der Waals surface area contributed by atoms with E-state index in [1.165, 1.54) is 75.5 Å². The molecule has 0 rings (SSSR count). The lowest BCUT2D eigenvalue weighted by molar-refractivity contribution is -0.924. The third-order valence-electron chi connectivity index (χ3n) is 4.55. The van der Waals surface area contributed by atoms with Crippen molar-refractivity contribution >= 4 is 0 Å². The van der Waals surface area contributed by atoms with Gasteiger partial charge in [-0.2, -0.15) is 0 Å². The minimum absolute atomic E-state index is 0. The van der Waals surface area contributed by atoms with Crippen LogP contribution in [0.2, 0.25) is 0 Å². The van der Waals surface area contributed by atoms with E-state index in [9.17, 15) is 0 Å². The van der Waals surface area contributed by atoms with Crippen LogP contribution >= 0.6 is 0 Å². The van der Waals surface area contributed by atoms with Gasteiger partial charge in [-0.25, -0.2) is 0 Å². The molecule has 0 aliphatic carbocycles. The van der Waals surface area contributed by atoms with Gasteiger partial charge in [-0.15, -0.1) is 0 Å². The zero-order valence-electron chi connectivity index (χ0n) is 15.0. The number of aliphatic hydroxyl groups is 2. The minimum atomic E-state index is 0. The van der Waals surface area contributed by atoms with E-state index < -0.39 is 0 Å². The van der Waals surface area contributed by atoms with Gasteiger partial charge in [0.1, 0.15) is 13.1 Å². The minimum Gasteiger partial charge on any atom is -1.00 e. The third-order valence-corrected chi connectivity index (χ3v) is 4.55. The summed E-state index contributed by atoms with van der Waals surface area (Å²) in [5, 5.41) is 18.1. The Morgan fingerprint density at radius 3 is 1.55 bits per heavy atom. The highest BCUT2D eigenvalue weighted by atomic mass is 35.5. The van der Waals surface area contributed by atoms with Gasteiger partial charge in [0.15, 0.2) is 0 Å². The van der Waals surface area contributed by atoms with Gasteiger partial charge >= 0.3 is 0 Å². The molecule has 0 bridgehead atoms. The maximum atomic E-state index is 9.06. The van der Waals surface area contributed by atoms with Gasteiger partial charge in [0.25, 0.3) is 0 Å². The molecule has 0 aromatic carbocycles. The molecule has 0 aromatic rings. The first kappa shape index (κ1) is 24.4. The molecule has 0 radical (unpaired) electrons. The zero-order valence-corrected chi connectivity index (χ0v) is 15.7. The fourth-order valence-electron chi connectivity index (χ4n) is 3.05. The molecule has 0 fully saturated rings. The first-order chi connectivity index (χ1) is 10.3. The topological polar surface area (TPSA) is 44.9 Å². The van der Waals surface area contributed by atoms with E-state index in [0.717, 1.165) is 13.1 Å². The summed E-state index contributed by atoms with van der Waals surface area (Å²) >= 11 is 0. The number of rotatable bonds is 16. The molecule has 1 atom stereocenters. The molecule has 0 saturated carbocycles. The van der Waals surface area contributed by atoms with Crippen molar-refractivity contribution in [1.29, 1.82) is 0 Å². The van der Waals surface area contributed by atoms with E-state index in [1.807, 2.05) is 0 Å². The second-order valence-electron chi connectivity index (χ2n) is 6.48. The van der Waals surface area contributed by atoms with Crippen LogP contribution in [-0.4, -0.2) is 42.6 Å². The number of halogens is 1. The molecule has 0 aliphatic heterocycles. The monoisotopic (exact) mass is 337 g/mol. The van der Waals surface area contributed by atoms with Crippen LogP contribution in [0.5, 0.6) is 0 Å². The van der Waals surface area contributed by atoms with Crippen LogP contribution in [0.4, 0.5) is 0 Å². The summed E-state index contributed by atoms with van der Waals surface area (Å²) in [5.74, 6) is 0. The Bertz CT molecular complexity index is 200. The van der Waals surface area contributed by atoms with E-state index >= 15 is 0 Å². The van der Waals surface area contributed by atoms with Crippen molar-refractivity contribution in [3.8, 4) is 0 Å². The van der Waals surface area contributed by atoms with Crippen molar-refractivity contribution in [2.24, 2.45) is 0 Å². The first-order valence-corrected chi connectivity index (χ1v) is 9.32. The molecule has 3 nitrogen and oxygen atoms in total. The van der Waals surface area contributed by atoms with E-state index in [-0.39, 0.29) is 25.6 Å². The number of hydrogen-bond acceptors (Lipinski definition) is 2. The average Bonchev–Trinajstić information content (AvgIpc) is 2.48. The molecule has 0 spiro atoms. The van der Waals surface area contributed by atoms with Crippen LogP contribution in [0.3, 0.4) is 0 Å². The molecule has 22 heavy (non-hydrogen) atoms. The predicted octanol–water partition coefficient (Wildman–Crippen LogP) is -0.441. The Balaban J connectivity index is 0. The van der Waals surface area contributed by atoms with Crippen LogP contribution < -0.4 is 17.3 Å². The lowest BCUT2D eigenvalue weighted by atomic mass is 10.0. The lowest BCUT2D eigenvalue weighted by Crippen LogP contribution is -3.16. The van der Waals surface area contributed by atoms with Crippen molar-refractivity contribution < 1.29 is 27.5 Å². The van der Waals surface area contributed by atoms with Crippen molar-refractivity contribution in [3.05, 3.63) is 0 Å². The maximum absolute atomic E-state index is 9.06. The molecule has 1 unspecified atom stereocenters. The van der Waals surface area contributed by atoms with Gasteiger partial charge in [0, 0.05) is 0 Å². The zero-order chi connectivity index (χ0) is 15.8. The Kier molecular flexibility index (Phi) is 21.3. The third kappa shape index (κ3) is 15.1. The van der Waals surface area contributed by atoms with Crippen molar-refractivity contribution in [2.75, 3.05) is 26.3 Å². The fourth-order valence-corrected chi connectivity index (χ4v) is 3.05. The van der Waals surface area contributed by atoms with Crippen LogP contribution in [0.1, 0.15) is 84.5 Å². The second kappa shape index (κ2) is 19.2. The normalized spacial score (nSPS) is 12.4. The highest BCUT2D eigenvalue weighted by Crippen LogP contribution is 2.11. The van der Waals surface area contributed by atoms with Crippen LogP contribution in [0.15, 0.2) is 0 Å². The molecule has 0 aromatic heterocycles. The Morgan fingerprint density at radius 2 is 1.14 bits per heavy atom. The quantitative estimate of drug-likeness (QED) is 0.334. The van der Waals surface area contributed by atoms with Crippen LogP contribution in [0, 0.1) is 0 Å². The van der Waals surface area contributed by atoms with Crippen LogP contribution in [0.25, 0.3) is 0 Å². The second-order valence-corrected chi connectivity index (χ2v) is 6.48. The number of nitrogens with one attached hydrogen (secondary N) is 1. The van der Waals surface area contributed by atoms with Crippen LogP contribution in [-0.2, 0) is 0 Å². The van der Waals surface area contributed by atoms with Gasteiger partial charge in [0.2, 0.25) is 0 Å². The molecule has 4 heteroatoms. The van der Waals surface area contributed by atoms with Crippen molar-refractivity contribution in [2.45, 2.75) is 90.5 Å². The Hall–Kier alpha value is 0.170. The van der Waals surface area contributed by atoms with Gasteiger partial charge in [-0.3, -0.25) is 0 Å². The van der Waals surface area contributed by atoms with E-state index in [4.69, 9.17) is 10.2 Å². The van der Waals surface area contributed by atoms with Crippen molar-refractivity contribution in [1.82, 2.24) is 0 Å². The smallest absolute Gasteiger partial charge is 0.101 e. The summed E-state index contributed by atoms with van der Waals surface area (Å²) in [7, 11) is 0. The predicted molar refractivity (Wildman–Crippen MR) is 90.8 cm³/mol. The molecule has 0 saturated heterocycles. The average molecular weight is 338 g/mol. The summed E-state index contributed by atoms with van der Waals surface area (Å²) in [5.41, 5.74) is 0. The number of aliphatic hydroxyl groups excluding tert-OH is 2. The van der Waals surface area contributed by atoms with Gasteiger partial charge in [0.05, 0.1) is 19.3 Å². The molecule has 0 aliphatic rings. The largest absolute Gasteiger partial charge is 1.00 e. The fraction of sp³-hybridized carbons (Fsp3) is 1.00. The van der Waals surface area contributed by atoms with E-state index in [2.05, 4.69) is 13.8 Å². The summed E-state index contributed by atoms with van der Waals surface area (Å²) in [6, 6.07) is 0.554. The summed E-state index contributed by atoms with van der Waals surface area (Å²) in [6.07, 6.45) is 15.0. The number of hydrogen-bond donors (Lipinski definition) is 3. The Labute approximate surface area is 144 Å². The van der Waals surface area contributed by atoms with Gasteiger partial charge in [-0.1, -0.05) is 64.7 Å². The standard InChI is InChI=1S/C18H39NO2.ClH/c1-3-4-5-6-7-8-9-10-11-12-13-18(2)19(14-16-20)15-17-21;/h18,20-21H,3-17H2,1-2H3;1H. The van der Waals surface area contributed by atoms with E-state index in [1.54, 1.807) is 0 Å². The highest BCUT2D eigenvalue weighted by Gasteiger charge is 2.15. The Morgan fingerprint density at radius 1 is 0.727 bits per heavy atom. The summed E-state index contributed by atoms with van der Waals surface area (Å²) < 4.78 is 0.